The van der Waals surface area contributed by atoms with Gasteiger partial charge >= 0.3 is 0 Å². The third-order valence-corrected chi connectivity index (χ3v) is 8.57. The molecule has 0 unspecified atom stereocenters. The zero-order valence-electron chi connectivity index (χ0n) is 22.8. The molecule has 0 radical (unpaired) electrons. The van der Waals surface area contributed by atoms with Crippen molar-refractivity contribution in [3.8, 4) is 17.4 Å². The van der Waals surface area contributed by atoms with Crippen molar-refractivity contribution in [3.63, 3.8) is 0 Å². The van der Waals surface area contributed by atoms with Gasteiger partial charge in [0.2, 0.25) is 11.8 Å². The van der Waals surface area contributed by atoms with Gasteiger partial charge in [-0.05, 0) is 86.6 Å². The summed E-state index contributed by atoms with van der Waals surface area (Å²) in [5, 5.41) is 11.3. The summed E-state index contributed by atoms with van der Waals surface area (Å²) in [4.78, 5) is 9.80. The van der Waals surface area contributed by atoms with Gasteiger partial charge in [-0.3, -0.25) is 0 Å². The molecule has 5 rings (SSSR count). The second kappa shape index (κ2) is 7.96. The molecule has 3 aromatic rings. The first kappa shape index (κ1) is 24.6. The second-order valence-electron chi connectivity index (χ2n) is 12.7. The molecule has 0 bridgehead atoms. The lowest BCUT2D eigenvalue weighted by Gasteiger charge is -2.52. The molecule has 1 saturated carbocycles. The van der Waals surface area contributed by atoms with Crippen LogP contribution in [0.2, 0.25) is 0 Å². The molecule has 36 heavy (non-hydrogen) atoms. The number of nitrogens with zero attached hydrogens (tertiary/aromatic N) is 2. The first-order valence-electron chi connectivity index (χ1n) is 12.9. The minimum atomic E-state index is -0.373. The van der Waals surface area contributed by atoms with E-state index in [1.807, 2.05) is 31.2 Å². The summed E-state index contributed by atoms with van der Waals surface area (Å²) in [7, 11) is 0. The van der Waals surface area contributed by atoms with Crippen molar-refractivity contribution in [1.82, 2.24) is 4.98 Å². The number of aliphatic imine (C=N–C) groups is 1. The Hall–Kier alpha value is -3.08. The second-order valence-corrected chi connectivity index (χ2v) is 12.7. The average molecular weight is 487 g/mol. The van der Waals surface area contributed by atoms with Gasteiger partial charge in [0.15, 0.2) is 0 Å². The predicted molar refractivity (Wildman–Crippen MR) is 145 cm³/mol. The lowest BCUT2D eigenvalue weighted by Crippen LogP contribution is -2.59. The van der Waals surface area contributed by atoms with Crippen LogP contribution in [0.3, 0.4) is 0 Å². The Labute approximate surface area is 214 Å². The number of ether oxygens (including phenoxy) is 2. The van der Waals surface area contributed by atoms with Crippen LogP contribution in [0.5, 0.6) is 17.4 Å². The normalized spacial score (nSPS) is 25.3. The van der Waals surface area contributed by atoms with Crippen molar-refractivity contribution < 1.29 is 14.6 Å². The molecule has 0 saturated heterocycles. The van der Waals surface area contributed by atoms with Crippen molar-refractivity contribution >= 4 is 16.8 Å². The van der Waals surface area contributed by atoms with Crippen LogP contribution >= 0.6 is 0 Å². The Morgan fingerprint density at radius 2 is 1.72 bits per heavy atom. The van der Waals surface area contributed by atoms with Crippen molar-refractivity contribution in [2.24, 2.45) is 10.4 Å². The van der Waals surface area contributed by atoms with E-state index < -0.39 is 0 Å². The van der Waals surface area contributed by atoms with Crippen LogP contribution in [0.1, 0.15) is 84.4 Å². The van der Waals surface area contributed by atoms with E-state index in [-0.39, 0.29) is 27.7 Å². The summed E-state index contributed by atoms with van der Waals surface area (Å²) < 4.78 is 13.0. The summed E-state index contributed by atoms with van der Waals surface area (Å²) in [6, 6.07) is 13.7. The molecule has 1 aromatic heterocycles. The first-order chi connectivity index (χ1) is 16.7. The molecule has 2 aliphatic rings. The van der Waals surface area contributed by atoms with Crippen molar-refractivity contribution in [2.75, 3.05) is 0 Å². The fraction of sp³-hybridized carbons (Fsp3) is 0.484. The summed E-state index contributed by atoms with van der Waals surface area (Å²) >= 11 is 0. The molecule has 1 fully saturated rings. The standard InChI is InChI=1S/C31H38N2O3/c1-19-14-20-10-11-25(32-26(20)24(34)15-19)35-23-17-21(16-22(18-23)28(2,3)4)27-33-30(7)13-9-12-29(5,6)31(30,8)36-27/h10-11,14-18,34H,9,12-13H2,1-8H3/t30-,31+/m0/s1. The number of hydrogen-bond donors (Lipinski definition) is 1. The molecule has 1 N–H and O–H groups in total. The summed E-state index contributed by atoms with van der Waals surface area (Å²) in [5.41, 5.74) is 2.85. The summed E-state index contributed by atoms with van der Waals surface area (Å²) in [6.45, 7) is 17.6. The number of hydrogen-bond acceptors (Lipinski definition) is 5. The van der Waals surface area contributed by atoms with Crippen molar-refractivity contribution in [1.29, 1.82) is 0 Å². The Morgan fingerprint density at radius 1 is 0.972 bits per heavy atom. The fourth-order valence-electron chi connectivity index (χ4n) is 5.79. The number of phenolic OH excluding ortho intramolecular Hbond substituents is 1. The minimum absolute atomic E-state index is 0.0155. The Morgan fingerprint density at radius 3 is 2.42 bits per heavy atom. The Balaban J connectivity index is 1.56. The highest BCUT2D eigenvalue weighted by Gasteiger charge is 2.62. The lowest BCUT2D eigenvalue weighted by atomic mass is 9.58. The van der Waals surface area contributed by atoms with Gasteiger partial charge in [-0.1, -0.05) is 41.0 Å². The fourth-order valence-corrected chi connectivity index (χ4v) is 5.79. The smallest absolute Gasteiger partial charge is 0.219 e. The number of benzene rings is 2. The van der Waals surface area contributed by atoms with Gasteiger partial charge in [-0.15, -0.1) is 0 Å². The van der Waals surface area contributed by atoms with E-state index in [2.05, 4.69) is 65.6 Å². The first-order valence-corrected chi connectivity index (χ1v) is 12.9. The van der Waals surface area contributed by atoms with Crippen molar-refractivity contribution in [3.05, 3.63) is 59.2 Å². The Kier molecular flexibility index (Phi) is 5.44. The maximum Gasteiger partial charge on any atom is 0.219 e. The van der Waals surface area contributed by atoms with Crippen LogP contribution in [-0.4, -0.2) is 27.1 Å². The van der Waals surface area contributed by atoms with E-state index in [4.69, 9.17) is 14.5 Å². The molecule has 2 aromatic carbocycles. The molecular formula is C31H38N2O3. The SMILES string of the molecule is Cc1cc(O)c2nc(Oc3cc(C4=N[C@@]5(C)CCCC(C)(C)[C@@]5(C)O4)cc(C(C)(C)C)c3)ccc2c1. The number of phenols is 1. The monoisotopic (exact) mass is 486 g/mol. The lowest BCUT2D eigenvalue weighted by molar-refractivity contribution is -0.0975. The van der Waals surface area contributed by atoms with E-state index in [1.54, 1.807) is 6.07 Å². The number of aromatic hydroxyl groups is 1. The topological polar surface area (TPSA) is 63.9 Å². The molecular weight excluding hydrogens is 448 g/mol. The minimum Gasteiger partial charge on any atom is -0.506 e. The van der Waals surface area contributed by atoms with Crippen LogP contribution in [0.25, 0.3) is 10.9 Å². The number of aromatic nitrogens is 1. The molecule has 2 heterocycles. The van der Waals surface area contributed by atoms with Crippen molar-refractivity contribution in [2.45, 2.75) is 91.2 Å². The predicted octanol–water partition coefficient (Wildman–Crippen LogP) is 7.84. The van der Waals surface area contributed by atoms with Crippen LogP contribution < -0.4 is 4.74 Å². The highest BCUT2D eigenvalue weighted by atomic mass is 16.5. The maximum atomic E-state index is 10.4. The molecule has 5 nitrogen and oxygen atoms in total. The van der Waals surface area contributed by atoms with Crippen LogP contribution in [0.4, 0.5) is 0 Å². The van der Waals surface area contributed by atoms with Gasteiger partial charge in [0.25, 0.3) is 0 Å². The zero-order chi connectivity index (χ0) is 26.1. The molecule has 2 atom stereocenters. The van der Waals surface area contributed by atoms with Gasteiger partial charge in [0.05, 0.1) is 0 Å². The molecule has 190 valence electrons. The van der Waals surface area contributed by atoms with Gasteiger partial charge in [-0.2, -0.15) is 0 Å². The van der Waals surface area contributed by atoms with E-state index in [1.165, 1.54) is 0 Å². The van der Waals surface area contributed by atoms with Gasteiger partial charge < -0.3 is 14.6 Å². The van der Waals surface area contributed by atoms with E-state index in [9.17, 15) is 5.11 Å². The quantitative estimate of drug-likeness (QED) is 0.409. The number of pyridine rings is 1. The largest absolute Gasteiger partial charge is 0.506 e. The highest BCUT2D eigenvalue weighted by molar-refractivity contribution is 5.97. The number of aryl methyl sites for hydroxylation is 1. The third-order valence-electron chi connectivity index (χ3n) is 8.57. The number of fused-ring (bicyclic) bond motifs is 2. The van der Waals surface area contributed by atoms with E-state index in [0.29, 0.717) is 23.0 Å². The van der Waals surface area contributed by atoms with Gasteiger partial charge in [0, 0.05) is 22.4 Å². The molecule has 1 aliphatic carbocycles. The molecule has 1 aliphatic heterocycles. The molecule has 5 heteroatoms. The van der Waals surface area contributed by atoms with Crippen LogP contribution in [0.15, 0.2) is 47.5 Å². The summed E-state index contributed by atoms with van der Waals surface area (Å²) in [5.74, 6) is 1.94. The van der Waals surface area contributed by atoms with Gasteiger partial charge in [-0.25, -0.2) is 9.98 Å². The summed E-state index contributed by atoms with van der Waals surface area (Å²) in [6.07, 6.45) is 3.29. The average Bonchev–Trinajstić information content (AvgIpc) is 3.06. The molecule has 0 spiro atoms. The molecule has 0 amide bonds. The van der Waals surface area contributed by atoms with Crippen LogP contribution in [-0.2, 0) is 10.2 Å². The van der Waals surface area contributed by atoms with E-state index >= 15 is 0 Å². The zero-order valence-corrected chi connectivity index (χ0v) is 22.8. The maximum absolute atomic E-state index is 10.4. The van der Waals surface area contributed by atoms with Gasteiger partial charge in [0.1, 0.15) is 28.2 Å². The third kappa shape index (κ3) is 3.93. The van der Waals surface area contributed by atoms with Crippen LogP contribution in [0, 0.1) is 12.3 Å². The number of rotatable bonds is 3. The van der Waals surface area contributed by atoms with E-state index in [0.717, 1.165) is 41.3 Å². The Bertz CT molecular complexity index is 1380. The highest BCUT2D eigenvalue weighted by Crippen LogP contribution is 2.56.